The van der Waals surface area contributed by atoms with Crippen molar-refractivity contribution in [3.05, 3.63) is 51.6 Å². The van der Waals surface area contributed by atoms with Crippen LogP contribution in [0.25, 0.3) is 0 Å². The molecule has 2 aromatic carbocycles. The van der Waals surface area contributed by atoms with E-state index in [1.165, 1.54) is 32.2 Å². The van der Waals surface area contributed by atoms with E-state index in [9.17, 15) is 30.0 Å². The summed E-state index contributed by atoms with van der Waals surface area (Å²) in [7, 11) is 1.37. The predicted molar refractivity (Wildman–Crippen MR) is 93.5 cm³/mol. The number of phenolic OH excluding ortho intramolecular Hbond substituents is 2. The van der Waals surface area contributed by atoms with E-state index < -0.39 is 34.8 Å². The minimum atomic E-state index is -1.41. The molecule has 2 atom stereocenters. The molecule has 0 fully saturated rings. The summed E-state index contributed by atoms with van der Waals surface area (Å²) >= 11 is 0. The minimum Gasteiger partial charge on any atom is -0.507 e. The molecule has 0 aliphatic heterocycles. The molecular formula is C20H18O7. The van der Waals surface area contributed by atoms with Gasteiger partial charge >= 0.3 is 0 Å². The van der Waals surface area contributed by atoms with Crippen LogP contribution >= 0.6 is 0 Å². The van der Waals surface area contributed by atoms with Gasteiger partial charge in [-0.2, -0.15) is 0 Å². The minimum absolute atomic E-state index is 0.0410. The normalized spacial score (nSPS) is 23.5. The van der Waals surface area contributed by atoms with Crippen molar-refractivity contribution in [2.75, 3.05) is 7.11 Å². The number of aliphatic hydroxyl groups excluding tert-OH is 1. The van der Waals surface area contributed by atoms with E-state index in [-0.39, 0.29) is 46.4 Å². The lowest BCUT2D eigenvalue weighted by atomic mass is 9.74. The summed E-state index contributed by atoms with van der Waals surface area (Å²) in [5.41, 5.74) is -1.36. The van der Waals surface area contributed by atoms with Crippen molar-refractivity contribution in [2.45, 2.75) is 31.5 Å². The Morgan fingerprint density at radius 1 is 1.07 bits per heavy atom. The fourth-order valence-electron chi connectivity index (χ4n) is 3.90. The van der Waals surface area contributed by atoms with Crippen LogP contribution < -0.4 is 4.74 Å². The zero-order valence-corrected chi connectivity index (χ0v) is 14.7. The fourth-order valence-corrected chi connectivity index (χ4v) is 3.90. The number of phenols is 2. The molecule has 2 aliphatic carbocycles. The van der Waals surface area contributed by atoms with Crippen LogP contribution in [0.5, 0.6) is 17.2 Å². The lowest BCUT2D eigenvalue weighted by molar-refractivity contribution is -0.0754. The Balaban J connectivity index is 2.00. The molecule has 2 aromatic rings. The summed E-state index contributed by atoms with van der Waals surface area (Å²) in [6.45, 7) is 1.47. The molecule has 0 aromatic heterocycles. The second-order valence-electron chi connectivity index (χ2n) is 7.20. The van der Waals surface area contributed by atoms with Gasteiger partial charge in [-0.1, -0.05) is 0 Å². The van der Waals surface area contributed by atoms with Gasteiger partial charge in [-0.25, -0.2) is 0 Å². The maximum atomic E-state index is 13.0. The number of carbonyl (C=O) groups excluding carboxylic acids is 2. The molecule has 0 heterocycles. The van der Waals surface area contributed by atoms with Gasteiger partial charge in [-0.05, 0) is 37.5 Å². The van der Waals surface area contributed by atoms with Gasteiger partial charge in [0, 0.05) is 22.8 Å². The number of benzene rings is 2. The first kappa shape index (κ1) is 17.5. The molecule has 0 saturated heterocycles. The Labute approximate surface area is 154 Å². The number of rotatable bonds is 1. The SMILES string of the molecule is COc1cc(O)c2c(c1)C(=O)c1cc3c(c(O)c1C2=O)CC[C@@](C)(O)[C@H]3O. The maximum absolute atomic E-state index is 13.0. The zero-order valence-electron chi connectivity index (χ0n) is 14.7. The second-order valence-corrected chi connectivity index (χ2v) is 7.20. The number of ether oxygens (including phenoxy) is 1. The number of hydrogen-bond donors (Lipinski definition) is 4. The molecule has 4 N–H and O–H groups in total. The molecule has 0 unspecified atom stereocenters. The molecular weight excluding hydrogens is 352 g/mol. The first-order valence-corrected chi connectivity index (χ1v) is 8.47. The molecule has 27 heavy (non-hydrogen) atoms. The van der Waals surface area contributed by atoms with Gasteiger partial charge in [-0.15, -0.1) is 0 Å². The highest BCUT2D eigenvalue weighted by Gasteiger charge is 2.42. The Bertz CT molecular complexity index is 1020. The molecule has 0 bridgehead atoms. The van der Waals surface area contributed by atoms with Crippen LogP contribution in [0.1, 0.15) is 62.4 Å². The molecule has 2 aliphatic rings. The van der Waals surface area contributed by atoms with Crippen molar-refractivity contribution in [1.82, 2.24) is 0 Å². The second kappa shape index (κ2) is 5.55. The summed E-state index contributed by atoms with van der Waals surface area (Å²) in [6, 6.07) is 3.93. The summed E-state index contributed by atoms with van der Waals surface area (Å²) in [4.78, 5) is 26.0. The van der Waals surface area contributed by atoms with Crippen LogP contribution in [0.3, 0.4) is 0 Å². The van der Waals surface area contributed by atoms with Crippen LogP contribution in [0.15, 0.2) is 18.2 Å². The Kier molecular flexibility index (Phi) is 3.60. The Morgan fingerprint density at radius 2 is 1.74 bits per heavy atom. The number of ketones is 2. The zero-order chi connectivity index (χ0) is 19.7. The topological polar surface area (TPSA) is 124 Å². The standard InChI is InChI=1S/C20H18O7/c1-20(26)4-3-9-10(19(20)25)7-12-15(17(9)23)18(24)14-11(16(12)22)5-8(27-2)6-13(14)21/h5-7,19,21,23,25-26H,3-4H2,1-2H3/t19-,20+/m0/s1. The first-order valence-electron chi connectivity index (χ1n) is 8.47. The third kappa shape index (κ3) is 2.28. The lowest BCUT2D eigenvalue weighted by Crippen LogP contribution is -2.38. The predicted octanol–water partition coefficient (Wildman–Crippen LogP) is 1.61. The molecule has 140 valence electrons. The number of methoxy groups -OCH3 is 1. The number of aromatic hydroxyl groups is 2. The summed E-state index contributed by atoms with van der Waals surface area (Å²) in [5.74, 6) is -1.85. The van der Waals surface area contributed by atoms with Crippen LogP contribution in [-0.2, 0) is 6.42 Å². The molecule has 0 amide bonds. The highest BCUT2D eigenvalue weighted by atomic mass is 16.5. The van der Waals surface area contributed by atoms with E-state index >= 15 is 0 Å². The molecule has 0 saturated carbocycles. The molecule has 4 rings (SSSR count). The average molecular weight is 370 g/mol. The van der Waals surface area contributed by atoms with E-state index in [0.717, 1.165) is 0 Å². The number of fused-ring (bicyclic) bond motifs is 3. The van der Waals surface area contributed by atoms with Crippen LogP contribution in [-0.4, -0.2) is 44.7 Å². The summed E-state index contributed by atoms with van der Waals surface area (Å²) in [6.07, 6.45) is -0.878. The van der Waals surface area contributed by atoms with E-state index in [2.05, 4.69) is 0 Å². The molecule has 7 heteroatoms. The largest absolute Gasteiger partial charge is 0.507 e. The van der Waals surface area contributed by atoms with E-state index in [0.29, 0.717) is 5.56 Å². The van der Waals surface area contributed by atoms with Gasteiger partial charge < -0.3 is 25.2 Å². The van der Waals surface area contributed by atoms with Gasteiger partial charge in [0.25, 0.3) is 0 Å². The van der Waals surface area contributed by atoms with Crippen molar-refractivity contribution < 1.29 is 34.8 Å². The third-order valence-electron chi connectivity index (χ3n) is 5.48. The Morgan fingerprint density at radius 3 is 2.41 bits per heavy atom. The molecule has 0 radical (unpaired) electrons. The quantitative estimate of drug-likeness (QED) is 0.513. The van der Waals surface area contributed by atoms with Crippen molar-refractivity contribution >= 4 is 11.6 Å². The van der Waals surface area contributed by atoms with Crippen LogP contribution in [0.4, 0.5) is 0 Å². The Hall–Kier alpha value is -2.90. The number of carbonyl (C=O) groups is 2. The fraction of sp³-hybridized carbons (Fsp3) is 0.300. The monoisotopic (exact) mass is 370 g/mol. The van der Waals surface area contributed by atoms with Crippen molar-refractivity contribution in [1.29, 1.82) is 0 Å². The number of aliphatic hydroxyl groups is 2. The third-order valence-corrected chi connectivity index (χ3v) is 5.48. The van der Waals surface area contributed by atoms with E-state index in [1.54, 1.807) is 0 Å². The smallest absolute Gasteiger partial charge is 0.201 e. The lowest BCUT2D eigenvalue weighted by Gasteiger charge is -2.36. The highest BCUT2D eigenvalue weighted by Crippen LogP contribution is 2.46. The van der Waals surface area contributed by atoms with Crippen molar-refractivity contribution in [2.24, 2.45) is 0 Å². The first-order chi connectivity index (χ1) is 12.7. The van der Waals surface area contributed by atoms with Crippen LogP contribution in [0.2, 0.25) is 0 Å². The van der Waals surface area contributed by atoms with E-state index in [1.807, 2.05) is 0 Å². The van der Waals surface area contributed by atoms with Gasteiger partial charge in [0.1, 0.15) is 23.4 Å². The van der Waals surface area contributed by atoms with Gasteiger partial charge in [-0.3, -0.25) is 9.59 Å². The highest BCUT2D eigenvalue weighted by molar-refractivity contribution is 6.30. The van der Waals surface area contributed by atoms with E-state index in [4.69, 9.17) is 4.74 Å². The molecule has 7 nitrogen and oxygen atoms in total. The maximum Gasteiger partial charge on any atom is 0.201 e. The van der Waals surface area contributed by atoms with Crippen molar-refractivity contribution in [3.63, 3.8) is 0 Å². The molecule has 0 spiro atoms. The van der Waals surface area contributed by atoms with Gasteiger partial charge in [0.2, 0.25) is 5.78 Å². The summed E-state index contributed by atoms with van der Waals surface area (Å²) in [5, 5.41) is 41.7. The summed E-state index contributed by atoms with van der Waals surface area (Å²) < 4.78 is 5.05. The van der Waals surface area contributed by atoms with Gasteiger partial charge in [0.05, 0.1) is 23.8 Å². The number of hydrogen-bond acceptors (Lipinski definition) is 7. The van der Waals surface area contributed by atoms with Crippen LogP contribution in [0, 0.1) is 0 Å². The van der Waals surface area contributed by atoms with Crippen molar-refractivity contribution in [3.8, 4) is 17.2 Å². The van der Waals surface area contributed by atoms with Gasteiger partial charge in [0.15, 0.2) is 5.78 Å². The average Bonchev–Trinajstić information content (AvgIpc) is 2.62.